The predicted molar refractivity (Wildman–Crippen MR) is 157 cm³/mol. The van der Waals surface area contributed by atoms with Gasteiger partial charge in [0.1, 0.15) is 0 Å². The molecule has 0 amide bonds. The normalized spacial score (nSPS) is 19.5. The molecule has 2 aromatic rings. The van der Waals surface area contributed by atoms with Crippen LogP contribution in [0.4, 0.5) is 5.69 Å². The third-order valence-electron chi connectivity index (χ3n) is 4.84. The van der Waals surface area contributed by atoms with E-state index in [1.54, 1.807) is 39.5 Å². The Labute approximate surface area is 231 Å². The second kappa shape index (κ2) is 13.7. The molecule has 168 valence electrons. The number of halogens is 3. The largest absolute Gasteiger partial charge is 0.269 e. The van der Waals surface area contributed by atoms with Crippen molar-refractivity contribution in [2.24, 2.45) is 0 Å². The quantitative estimate of drug-likeness (QED) is 0.141. The highest BCUT2D eigenvalue weighted by molar-refractivity contribution is 14.2. The van der Waals surface area contributed by atoms with Crippen molar-refractivity contribution in [3.63, 3.8) is 0 Å². The van der Waals surface area contributed by atoms with Gasteiger partial charge in [0.05, 0.1) is 29.4 Å². The molecule has 0 aliphatic carbocycles. The molecule has 13 heteroatoms. The van der Waals surface area contributed by atoms with E-state index in [2.05, 4.69) is 94.7 Å². The molecule has 1 aromatic heterocycles. The van der Waals surface area contributed by atoms with E-state index >= 15 is 0 Å². The Morgan fingerprint density at radius 3 is 2.23 bits per heavy atom. The highest BCUT2D eigenvalue weighted by Crippen LogP contribution is 2.30. The minimum atomic E-state index is -0.350. The van der Waals surface area contributed by atoms with E-state index in [0.29, 0.717) is 0 Å². The Bertz CT molecular complexity index is 868. The molecule has 1 unspecified atom stereocenters. The summed E-state index contributed by atoms with van der Waals surface area (Å²) < 4.78 is 7.12. The molecule has 1 aliphatic heterocycles. The Morgan fingerprint density at radius 1 is 0.968 bits per heavy atom. The zero-order chi connectivity index (χ0) is 22.2. The lowest BCUT2D eigenvalue weighted by atomic mass is 10.0. The van der Waals surface area contributed by atoms with Crippen LogP contribution in [0.5, 0.6) is 0 Å². The minimum Gasteiger partial charge on any atom is -0.258 e. The van der Waals surface area contributed by atoms with Crippen molar-refractivity contribution in [2.75, 3.05) is 19.6 Å². The van der Waals surface area contributed by atoms with E-state index in [0.717, 1.165) is 56.1 Å². The third-order valence-corrected chi connectivity index (χ3v) is 11.3. The Hall–Kier alpha value is 0.890. The first kappa shape index (κ1) is 26.5. The predicted octanol–water partition coefficient (Wildman–Crippen LogP) is 6.52. The van der Waals surface area contributed by atoms with Gasteiger partial charge in [-0.2, -0.15) is 0 Å². The molecule has 0 fully saturated rings. The van der Waals surface area contributed by atoms with Gasteiger partial charge in [-0.3, -0.25) is 15.1 Å². The van der Waals surface area contributed by atoms with E-state index in [-0.39, 0.29) is 16.7 Å². The number of nitro groups is 1. The minimum absolute atomic E-state index is 0.129. The third kappa shape index (κ3) is 8.25. The zero-order valence-electron chi connectivity index (χ0n) is 16.3. The van der Waals surface area contributed by atoms with E-state index in [9.17, 15) is 10.1 Å². The Kier molecular flexibility index (Phi) is 11.7. The molecule has 0 spiro atoms. The van der Waals surface area contributed by atoms with Crippen LogP contribution in [0.15, 0.2) is 42.5 Å². The van der Waals surface area contributed by atoms with Crippen molar-refractivity contribution in [2.45, 2.75) is 25.6 Å². The van der Waals surface area contributed by atoms with Gasteiger partial charge in [0.15, 0.2) is 0 Å². The summed E-state index contributed by atoms with van der Waals surface area (Å²) in [6, 6.07) is 13.4. The summed E-state index contributed by atoms with van der Waals surface area (Å²) in [4.78, 5) is 15.6. The molecule has 2 heterocycles. The molecule has 0 saturated heterocycles. The van der Waals surface area contributed by atoms with Gasteiger partial charge in [0.2, 0.25) is 0 Å². The van der Waals surface area contributed by atoms with Crippen LogP contribution in [0.3, 0.4) is 0 Å². The second-order valence-corrected chi connectivity index (χ2v) is 12.4. The number of non-ortho nitro benzene ring substituents is 1. The lowest BCUT2D eigenvalue weighted by Gasteiger charge is -2.33. The summed E-state index contributed by atoms with van der Waals surface area (Å²) >= 11 is 7.05. The zero-order valence-corrected chi connectivity index (χ0v) is 25.2. The molecular formula is C18H20I3N5O2S3. The number of hydrogen-bond acceptors (Lipinski definition) is 9. The van der Waals surface area contributed by atoms with E-state index in [4.69, 9.17) is 4.98 Å². The average molecular weight is 815 g/mol. The summed E-state index contributed by atoms with van der Waals surface area (Å²) in [5.41, 5.74) is 3.37. The molecular weight excluding hydrogens is 795 g/mol. The number of pyridine rings is 1. The van der Waals surface area contributed by atoms with Crippen LogP contribution in [0, 0.1) is 10.1 Å². The van der Waals surface area contributed by atoms with E-state index < -0.39 is 0 Å². The molecule has 3 rings (SSSR count). The number of fused-ring (bicyclic) bond motifs is 2. The average Bonchev–Trinajstić information content (AvgIpc) is 2.78. The molecule has 1 atom stereocenters. The lowest BCUT2D eigenvalue weighted by molar-refractivity contribution is -0.384. The smallest absolute Gasteiger partial charge is 0.258 e. The Morgan fingerprint density at radius 2 is 1.61 bits per heavy atom. The maximum absolute atomic E-state index is 11.0. The number of hydrogen-bond donors (Lipinski definition) is 0. The number of benzene rings is 1. The summed E-state index contributed by atoms with van der Waals surface area (Å²) in [6.45, 7) is 4.35. The van der Waals surface area contributed by atoms with Crippen molar-refractivity contribution in [3.05, 3.63) is 69.5 Å². The fraction of sp³-hybridized carbons (Fsp3) is 0.389. The van der Waals surface area contributed by atoms with Crippen LogP contribution in [-0.4, -0.2) is 48.5 Å². The first-order valence-corrected chi connectivity index (χ1v) is 19.3. The first-order chi connectivity index (χ1) is 15.0. The van der Waals surface area contributed by atoms with Crippen LogP contribution < -0.4 is 0 Å². The summed E-state index contributed by atoms with van der Waals surface area (Å²) in [7, 11) is 5.17. The lowest BCUT2D eigenvalue weighted by Crippen LogP contribution is -2.41. The van der Waals surface area contributed by atoms with Crippen molar-refractivity contribution in [1.82, 2.24) is 17.9 Å². The molecule has 0 radical (unpaired) electrons. The molecule has 0 N–H and O–H groups in total. The molecule has 2 bridgehead atoms. The summed E-state index contributed by atoms with van der Waals surface area (Å²) in [5, 5.41) is 11.0. The van der Waals surface area contributed by atoms with Gasteiger partial charge in [-0.15, -0.1) is 0 Å². The summed E-state index contributed by atoms with van der Waals surface area (Å²) in [6.07, 6.45) is 0.812. The van der Waals surface area contributed by atoms with Crippen LogP contribution in [0.1, 0.15) is 17.0 Å². The molecule has 7 nitrogen and oxygen atoms in total. The van der Waals surface area contributed by atoms with Crippen LogP contribution in [-0.2, 0) is 19.5 Å². The monoisotopic (exact) mass is 815 g/mol. The SMILES string of the molecule is O=[N+]([O-])c1ccc(CC2CN(SI)CCN(SI)Cc3cccc(n3)CN2SI)cc1. The highest BCUT2D eigenvalue weighted by Gasteiger charge is 2.25. The van der Waals surface area contributed by atoms with Crippen molar-refractivity contribution in [1.29, 1.82) is 0 Å². The van der Waals surface area contributed by atoms with Gasteiger partial charge in [-0.05, 0) is 51.5 Å². The summed E-state index contributed by atoms with van der Waals surface area (Å²) in [5.74, 6) is 0. The second-order valence-electron chi connectivity index (χ2n) is 6.94. The van der Waals surface area contributed by atoms with Crippen molar-refractivity contribution >= 4 is 96.7 Å². The molecule has 0 saturated carbocycles. The van der Waals surface area contributed by atoms with Gasteiger partial charge in [0.25, 0.3) is 5.69 Å². The highest BCUT2D eigenvalue weighted by atomic mass is 127. The first-order valence-electron chi connectivity index (χ1n) is 9.33. The van der Waals surface area contributed by atoms with Crippen molar-refractivity contribution < 1.29 is 4.92 Å². The van der Waals surface area contributed by atoms with Gasteiger partial charge in [0, 0.05) is 101 Å². The van der Waals surface area contributed by atoms with Gasteiger partial charge in [-0.25, -0.2) is 12.9 Å². The fourth-order valence-corrected chi connectivity index (χ4v) is 7.90. The van der Waals surface area contributed by atoms with Gasteiger partial charge in [-0.1, -0.05) is 18.2 Å². The number of nitro benzene ring substituents is 1. The van der Waals surface area contributed by atoms with Crippen LogP contribution >= 0.6 is 91.0 Å². The fourth-order valence-electron chi connectivity index (χ4n) is 3.29. The number of nitrogens with zero attached hydrogens (tertiary/aromatic N) is 5. The number of aromatic nitrogens is 1. The maximum atomic E-state index is 11.0. The Balaban J connectivity index is 1.88. The number of rotatable bonds is 6. The van der Waals surface area contributed by atoms with Crippen LogP contribution in [0.2, 0.25) is 0 Å². The van der Waals surface area contributed by atoms with Crippen molar-refractivity contribution in [3.8, 4) is 0 Å². The van der Waals surface area contributed by atoms with E-state index in [1.165, 1.54) is 0 Å². The molecule has 1 aliphatic rings. The standard InChI is InChI=1S/C18H20I3N5O2S3/c19-29-23-8-9-24(30-20)13-18(10-14-4-6-17(7-5-14)26(27)28)25(31-21)12-16-3-1-2-15(11-23)22-16/h1-7,18H,8-13H2. The molecule has 1 aromatic carbocycles. The maximum Gasteiger partial charge on any atom is 0.269 e. The van der Waals surface area contributed by atoms with Crippen LogP contribution in [0.25, 0.3) is 0 Å². The van der Waals surface area contributed by atoms with Gasteiger partial charge < -0.3 is 0 Å². The topological polar surface area (TPSA) is 65.8 Å². The van der Waals surface area contributed by atoms with E-state index in [1.807, 2.05) is 12.1 Å². The van der Waals surface area contributed by atoms with Gasteiger partial charge >= 0.3 is 0 Å². The molecule has 31 heavy (non-hydrogen) atoms.